The van der Waals surface area contributed by atoms with Gasteiger partial charge in [0.2, 0.25) is 0 Å². The molecule has 5 heteroatoms. The molecule has 1 N–H and O–H groups in total. The van der Waals surface area contributed by atoms with Gasteiger partial charge in [0.15, 0.2) is 0 Å². The van der Waals surface area contributed by atoms with Gasteiger partial charge >= 0.3 is 5.97 Å². The van der Waals surface area contributed by atoms with Gasteiger partial charge in [0.1, 0.15) is 17.6 Å². The third-order valence-corrected chi connectivity index (χ3v) is 4.08. The number of pyridine rings is 1. The topological polar surface area (TPSA) is 68.7 Å². The summed E-state index contributed by atoms with van der Waals surface area (Å²) in [5.74, 6) is 0.220. The smallest absolute Gasteiger partial charge is 0.328 e. The van der Waals surface area contributed by atoms with E-state index in [4.69, 9.17) is 14.6 Å². The molecule has 1 heterocycles. The van der Waals surface area contributed by atoms with E-state index < -0.39 is 5.97 Å². The molecule has 5 nitrogen and oxygen atoms in total. The van der Waals surface area contributed by atoms with Crippen molar-refractivity contribution in [3.8, 4) is 11.5 Å². The van der Waals surface area contributed by atoms with Gasteiger partial charge in [-0.2, -0.15) is 0 Å². The molecule has 0 bridgehead atoms. The molecule has 0 aliphatic rings. The fourth-order valence-corrected chi connectivity index (χ4v) is 2.75. The number of carbonyl (C=O) groups is 1. The van der Waals surface area contributed by atoms with Gasteiger partial charge < -0.3 is 14.6 Å². The van der Waals surface area contributed by atoms with Crippen LogP contribution in [0, 0.1) is 0 Å². The Morgan fingerprint density at radius 1 is 1.22 bits per heavy atom. The number of hydrogen-bond donors (Lipinski definition) is 1. The lowest BCUT2D eigenvalue weighted by Gasteiger charge is -2.17. The number of aliphatic carboxylic acids is 1. The summed E-state index contributed by atoms with van der Waals surface area (Å²) < 4.78 is 11.7. The van der Waals surface area contributed by atoms with E-state index in [1.165, 1.54) is 6.08 Å². The van der Waals surface area contributed by atoms with E-state index in [2.05, 4.69) is 11.1 Å². The highest BCUT2D eigenvalue weighted by Gasteiger charge is 2.11. The highest BCUT2D eigenvalue weighted by atomic mass is 16.5. The van der Waals surface area contributed by atoms with E-state index in [0.29, 0.717) is 23.7 Å². The van der Waals surface area contributed by atoms with Gasteiger partial charge in [0.25, 0.3) is 0 Å². The molecule has 1 unspecified atom stereocenters. The maximum absolute atomic E-state index is 10.7. The molecule has 0 fully saturated rings. The molecule has 0 aliphatic carbocycles. The van der Waals surface area contributed by atoms with Gasteiger partial charge in [0.05, 0.1) is 12.1 Å². The molecule has 0 spiro atoms. The Morgan fingerprint density at radius 3 is 2.81 bits per heavy atom. The fraction of sp³-hybridized carbons (Fsp3) is 0.182. The fourth-order valence-electron chi connectivity index (χ4n) is 2.75. The number of rotatable bonds is 7. The number of aromatic nitrogens is 1. The molecule has 0 saturated heterocycles. The Hall–Kier alpha value is -3.34. The first-order valence-corrected chi connectivity index (χ1v) is 8.76. The molecule has 1 aromatic heterocycles. The van der Waals surface area contributed by atoms with Crippen LogP contribution in [0.3, 0.4) is 0 Å². The zero-order valence-corrected chi connectivity index (χ0v) is 15.3. The zero-order valence-electron chi connectivity index (χ0n) is 15.3. The van der Waals surface area contributed by atoms with Crippen LogP contribution < -0.4 is 9.47 Å². The van der Waals surface area contributed by atoms with Crippen molar-refractivity contribution in [3.63, 3.8) is 0 Å². The number of hydrogen-bond acceptors (Lipinski definition) is 4. The molecule has 1 atom stereocenters. The summed E-state index contributed by atoms with van der Waals surface area (Å²) in [6, 6.07) is 15.4. The lowest BCUT2D eigenvalue weighted by molar-refractivity contribution is -0.131. The summed E-state index contributed by atoms with van der Waals surface area (Å²) in [6.07, 6.45) is 4.22. The number of benzene rings is 2. The Balaban J connectivity index is 1.82. The van der Waals surface area contributed by atoms with Crippen molar-refractivity contribution >= 4 is 22.9 Å². The zero-order chi connectivity index (χ0) is 19.2. The summed E-state index contributed by atoms with van der Waals surface area (Å²) in [5, 5.41) is 9.88. The average Bonchev–Trinajstić information content (AvgIpc) is 2.67. The summed E-state index contributed by atoms with van der Waals surface area (Å²) in [7, 11) is 0. The molecular weight excluding hydrogens is 342 g/mol. The average molecular weight is 363 g/mol. The lowest BCUT2D eigenvalue weighted by Crippen LogP contribution is -2.04. The predicted octanol–water partition coefficient (Wildman–Crippen LogP) is 4.87. The van der Waals surface area contributed by atoms with Crippen LogP contribution in [-0.4, -0.2) is 22.7 Å². The van der Waals surface area contributed by atoms with Crippen LogP contribution in [0.2, 0.25) is 0 Å². The van der Waals surface area contributed by atoms with Crippen LogP contribution in [-0.2, 0) is 4.79 Å². The van der Waals surface area contributed by atoms with Crippen molar-refractivity contribution in [3.05, 3.63) is 71.9 Å². The quantitative estimate of drug-likeness (QED) is 0.607. The Morgan fingerprint density at radius 2 is 2.04 bits per heavy atom. The number of carboxylic acids is 1. The SMILES string of the molecule is CCOc1cc(OC(C)c2cnc3ccccc3c2)ccc1/C=C/C(=O)O. The normalized spacial score (nSPS) is 12.2. The van der Waals surface area contributed by atoms with Crippen LogP contribution in [0.1, 0.15) is 31.1 Å². The van der Waals surface area contributed by atoms with Gasteiger partial charge in [-0.05, 0) is 44.2 Å². The van der Waals surface area contributed by atoms with Gasteiger partial charge in [-0.15, -0.1) is 0 Å². The number of fused-ring (bicyclic) bond motifs is 1. The maximum atomic E-state index is 10.7. The second-order valence-corrected chi connectivity index (χ2v) is 6.03. The Labute approximate surface area is 157 Å². The van der Waals surface area contributed by atoms with E-state index in [-0.39, 0.29) is 6.10 Å². The summed E-state index contributed by atoms with van der Waals surface area (Å²) >= 11 is 0. The standard InChI is InChI=1S/C22H21NO4/c1-3-26-21-13-19(10-8-16(21)9-11-22(24)25)27-15(2)18-12-17-6-4-5-7-20(17)23-14-18/h4-15H,3H2,1-2H3,(H,24,25)/b11-9+. The Kier molecular flexibility index (Phi) is 5.71. The van der Waals surface area contributed by atoms with E-state index in [9.17, 15) is 4.79 Å². The van der Waals surface area contributed by atoms with Crippen LogP contribution >= 0.6 is 0 Å². The molecule has 2 aromatic carbocycles. The highest BCUT2D eigenvalue weighted by molar-refractivity contribution is 5.86. The number of ether oxygens (including phenoxy) is 2. The van der Waals surface area contributed by atoms with Crippen molar-refractivity contribution in [1.82, 2.24) is 4.98 Å². The van der Waals surface area contributed by atoms with E-state index in [0.717, 1.165) is 22.5 Å². The first-order chi connectivity index (χ1) is 13.1. The summed E-state index contributed by atoms with van der Waals surface area (Å²) in [6.45, 7) is 4.31. The molecule has 27 heavy (non-hydrogen) atoms. The molecule has 3 aromatic rings. The van der Waals surface area contributed by atoms with Crippen molar-refractivity contribution < 1.29 is 19.4 Å². The third-order valence-electron chi connectivity index (χ3n) is 4.08. The van der Waals surface area contributed by atoms with Gasteiger partial charge in [-0.1, -0.05) is 18.2 Å². The minimum Gasteiger partial charge on any atom is -0.493 e. The Bertz CT molecular complexity index is 981. The van der Waals surface area contributed by atoms with Crippen molar-refractivity contribution in [1.29, 1.82) is 0 Å². The molecule has 0 aliphatic heterocycles. The lowest BCUT2D eigenvalue weighted by atomic mass is 10.1. The van der Waals surface area contributed by atoms with E-state index in [1.54, 1.807) is 18.2 Å². The van der Waals surface area contributed by atoms with E-state index >= 15 is 0 Å². The second kappa shape index (κ2) is 8.36. The van der Waals surface area contributed by atoms with Gasteiger partial charge in [0, 0.05) is 34.9 Å². The largest absolute Gasteiger partial charge is 0.493 e. The van der Waals surface area contributed by atoms with Gasteiger partial charge in [-0.25, -0.2) is 4.79 Å². The minimum atomic E-state index is -1.00. The first-order valence-electron chi connectivity index (χ1n) is 8.76. The van der Waals surface area contributed by atoms with Crippen LogP contribution in [0.4, 0.5) is 0 Å². The third kappa shape index (κ3) is 4.64. The van der Waals surface area contributed by atoms with Crippen LogP contribution in [0.15, 0.2) is 60.8 Å². The summed E-state index contributed by atoms with van der Waals surface area (Å²) in [5.41, 5.74) is 2.61. The van der Waals surface area contributed by atoms with Gasteiger partial charge in [-0.3, -0.25) is 4.98 Å². The molecule has 0 radical (unpaired) electrons. The van der Waals surface area contributed by atoms with Crippen LogP contribution in [0.25, 0.3) is 17.0 Å². The number of nitrogens with zero attached hydrogens (tertiary/aromatic N) is 1. The number of carboxylic acid groups (broad SMARTS) is 1. The monoisotopic (exact) mass is 363 g/mol. The number of para-hydroxylation sites is 1. The first kappa shape index (κ1) is 18.5. The maximum Gasteiger partial charge on any atom is 0.328 e. The second-order valence-electron chi connectivity index (χ2n) is 6.03. The minimum absolute atomic E-state index is 0.197. The molecule has 138 valence electrons. The summed E-state index contributed by atoms with van der Waals surface area (Å²) in [4.78, 5) is 15.2. The van der Waals surface area contributed by atoms with Crippen molar-refractivity contribution in [2.24, 2.45) is 0 Å². The van der Waals surface area contributed by atoms with Crippen molar-refractivity contribution in [2.45, 2.75) is 20.0 Å². The molecular formula is C22H21NO4. The predicted molar refractivity (Wildman–Crippen MR) is 105 cm³/mol. The van der Waals surface area contributed by atoms with E-state index in [1.807, 2.05) is 44.3 Å². The molecule has 3 rings (SSSR count). The highest BCUT2D eigenvalue weighted by Crippen LogP contribution is 2.30. The van der Waals surface area contributed by atoms with Crippen LogP contribution in [0.5, 0.6) is 11.5 Å². The molecule has 0 saturated carbocycles. The van der Waals surface area contributed by atoms with Crippen molar-refractivity contribution in [2.75, 3.05) is 6.61 Å². The molecule has 0 amide bonds.